The van der Waals surface area contributed by atoms with Crippen molar-refractivity contribution >= 4 is 11.9 Å². The maximum absolute atomic E-state index is 13.0. The fourth-order valence-electron chi connectivity index (χ4n) is 2.94. The van der Waals surface area contributed by atoms with E-state index in [-0.39, 0.29) is 25.3 Å². The molecule has 32 heavy (non-hydrogen) atoms. The highest BCUT2D eigenvalue weighted by Crippen LogP contribution is 2.29. The Labute approximate surface area is 182 Å². The molecule has 0 spiro atoms. The van der Waals surface area contributed by atoms with E-state index < -0.39 is 23.6 Å². The number of hydrogen-bond donors (Lipinski definition) is 0. The molecular formula is C23H20F3N3O3. The lowest BCUT2D eigenvalue weighted by Crippen LogP contribution is -2.36. The van der Waals surface area contributed by atoms with Gasteiger partial charge in [-0.2, -0.15) is 13.2 Å². The second kappa shape index (κ2) is 10.0. The number of carbonyl (C=O) groups is 2. The largest absolute Gasteiger partial charge is 0.465 e. The lowest BCUT2D eigenvalue weighted by atomic mass is 10.1. The van der Waals surface area contributed by atoms with Crippen molar-refractivity contribution in [3.8, 4) is 11.4 Å². The summed E-state index contributed by atoms with van der Waals surface area (Å²) in [6, 6.07) is 13.6. The summed E-state index contributed by atoms with van der Waals surface area (Å²) < 4.78 is 43.3. The molecule has 166 valence electrons. The van der Waals surface area contributed by atoms with E-state index >= 15 is 0 Å². The molecule has 1 aromatic heterocycles. The predicted molar refractivity (Wildman–Crippen MR) is 110 cm³/mol. The molecule has 2 aromatic carbocycles. The van der Waals surface area contributed by atoms with Gasteiger partial charge < -0.3 is 9.64 Å². The zero-order chi connectivity index (χ0) is 23.1. The minimum atomic E-state index is -4.46. The Morgan fingerprint density at radius 1 is 0.969 bits per heavy atom. The van der Waals surface area contributed by atoms with Gasteiger partial charge in [0.15, 0.2) is 5.82 Å². The Hall–Kier alpha value is -3.75. The number of rotatable bonds is 7. The van der Waals surface area contributed by atoms with E-state index in [4.69, 9.17) is 4.74 Å². The predicted octanol–water partition coefficient (Wildman–Crippen LogP) is 4.37. The average molecular weight is 443 g/mol. The van der Waals surface area contributed by atoms with Gasteiger partial charge in [-0.25, -0.2) is 9.97 Å². The van der Waals surface area contributed by atoms with Crippen molar-refractivity contribution in [3.05, 3.63) is 83.7 Å². The standard InChI is InChI=1S/C23H20F3N3O3/c1-2-32-20(30)15-29(14-16-8-10-19(11-9-16)23(24,25)26)22(31)18-12-27-21(28-13-18)17-6-4-3-5-7-17/h3-13H,2,14-15H2,1H3. The van der Waals surface area contributed by atoms with Crippen LogP contribution in [0.3, 0.4) is 0 Å². The first-order valence-corrected chi connectivity index (χ1v) is 9.76. The van der Waals surface area contributed by atoms with Crippen LogP contribution in [0.1, 0.15) is 28.4 Å². The van der Waals surface area contributed by atoms with Crippen LogP contribution < -0.4 is 0 Å². The van der Waals surface area contributed by atoms with Crippen molar-refractivity contribution < 1.29 is 27.5 Å². The summed E-state index contributed by atoms with van der Waals surface area (Å²) in [7, 11) is 0. The Kier molecular flexibility index (Phi) is 7.19. The zero-order valence-electron chi connectivity index (χ0n) is 17.2. The quantitative estimate of drug-likeness (QED) is 0.507. The Bertz CT molecular complexity index is 1050. The maximum atomic E-state index is 13.0. The first-order chi connectivity index (χ1) is 15.3. The summed E-state index contributed by atoms with van der Waals surface area (Å²) in [6.45, 7) is 1.32. The number of benzene rings is 2. The molecule has 9 heteroatoms. The zero-order valence-corrected chi connectivity index (χ0v) is 17.2. The smallest absolute Gasteiger partial charge is 0.416 e. The first-order valence-electron chi connectivity index (χ1n) is 9.76. The molecule has 0 saturated heterocycles. The minimum Gasteiger partial charge on any atom is -0.465 e. The molecule has 6 nitrogen and oxygen atoms in total. The number of ether oxygens (including phenoxy) is 1. The van der Waals surface area contributed by atoms with Crippen molar-refractivity contribution in [2.24, 2.45) is 0 Å². The van der Waals surface area contributed by atoms with Crippen LogP contribution in [0.5, 0.6) is 0 Å². The average Bonchev–Trinajstić information content (AvgIpc) is 2.79. The third-order valence-electron chi connectivity index (χ3n) is 4.50. The molecule has 1 amide bonds. The van der Waals surface area contributed by atoms with E-state index in [2.05, 4.69) is 9.97 Å². The molecule has 3 aromatic rings. The number of carbonyl (C=O) groups excluding carboxylic acids is 2. The Morgan fingerprint density at radius 3 is 2.16 bits per heavy atom. The molecule has 0 saturated carbocycles. The Morgan fingerprint density at radius 2 is 1.59 bits per heavy atom. The highest BCUT2D eigenvalue weighted by Gasteiger charge is 2.30. The first kappa shape index (κ1) is 22.9. The maximum Gasteiger partial charge on any atom is 0.416 e. The second-order valence-corrected chi connectivity index (χ2v) is 6.82. The molecule has 0 unspecified atom stereocenters. The van der Waals surface area contributed by atoms with E-state index in [0.29, 0.717) is 11.4 Å². The van der Waals surface area contributed by atoms with Crippen LogP contribution in [0.4, 0.5) is 13.2 Å². The number of hydrogen-bond acceptors (Lipinski definition) is 5. The van der Waals surface area contributed by atoms with Gasteiger partial charge >= 0.3 is 12.1 Å². The van der Waals surface area contributed by atoms with Crippen molar-refractivity contribution in [1.82, 2.24) is 14.9 Å². The van der Waals surface area contributed by atoms with Gasteiger partial charge in [0.25, 0.3) is 5.91 Å². The topological polar surface area (TPSA) is 72.4 Å². The van der Waals surface area contributed by atoms with Crippen LogP contribution in [0.15, 0.2) is 67.0 Å². The summed E-state index contributed by atoms with van der Waals surface area (Å²) >= 11 is 0. The molecule has 0 bridgehead atoms. The summed E-state index contributed by atoms with van der Waals surface area (Å²) in [5.41, 5.74) is 0.549. The molecule has 0 fully saturated rings. The van der Waals surface area contributed by atoms with Crippen LogP contribution in [0.25, 0.3) is 11.4 Å². The molecule has 3 rings (SSSR count). The van der Waals surface area contributed by atoms with Crippen LogP contribution >= 0.6 is 0 Å². The number of aromatic nitrogens is 2. The molecule has 0 N–H and O–H groups in total. The van der Waals surface area contributed by atoms with Gasteiger partial charge in [-0.15, -0.1) is 0 Å². The molecule has 0 radical (unpaired) electrons. The van der Waals surface area contributed by atoms with Crippen molar-refractivity contribution in [2.75, 3.05) is 13.2 Å². The van der Waals surface area contributed by atoms with E-state index in [1.807, 2.05) is 30.3 Å². The summed E-state index contributed by atoms with van der Waals surface area (Å²) in [5.74, 6) is -0.742. The van der Waals surface area contributed by atoms with Crippen LogP contribution in [-0.4, -0.2) is 39.9 Å². The molecule has 0 atom stereocenters. The second-order valence-electron chi connectivity index (χ2n) is 6.82. The third-order valence-corrected chi connectivity index (χ3v) is 4.50. The minimum absolute atomic E-state index is 0.0871. The summed E-state index contributed by atoms with van der Waals surface area (Å²) in [6.07, 6.45) is -1.76. The lowest BCUT2D eigenvalue weighted by Gasteiger charge is -2.22. The SMILES string of the molecule is CCOC(=O)CN(Cc1ccc(C(F)(F)F)cc1)C(=O)c1cnc(-c2ccccc2)nc1. The number of halogens is 3. The molecule has 0 aliphatic heterocycles. The summed E-state index contributed by atoms with van der Waals surface area (Å²) in [5, 5.41) is 0. The third kappa shape index (κ3) is 5.90. The van der Waals surface area contributed by atoms with E-state index in [0.717, 1.165) is 17.7 Å². The fraction of sp³-hybridized carbons (Fsp3) is 0.217. The lowest BCUT2D eigenvalue weighted by molar-refractivity contribution is -0.144. The van der Waals surface area contributed by atoms with Crippen LogP contribution in [-0.2, 0) is 22.3 Å². The van der Waals surface area contributed by atoms with Gasteiger partial charge in [0.05, 0.1) is 17.7 Å². The molecule has 0 aliphatic rings. The molecular weight excluding hydrogens is 423 g/mol. The van der Waals surface area contributed by atoms with E-state index in [1.54, 1.807) is 6.92 Å². The van der Waals surface area contributed by atoms with E-state index in [1.165, 1.54) is 29.4 Å². The molecule has 0 aliphatic carbocycles. The normalized spacial score (nSPS) is 11.1. The highest BCUT2D eigenvalue weighted by atomic mass is 19.4. The van der Waals surface area contributed by atoms with E-state index in [9.17, 15) is 22.8 Å². The van der Waals surface area contributed by atoms with Crippen molar-refractivity contribution in [2.45, 2.75) is 19.6 Å². The van der Waals surface area contributed by atoms with Crippen molar-refractivity contribution in [3.63, 3.8) is 0 Å². The van der Waals surface area contributed by atoms with Gasteiger partial charge in [0.1, 0.15) is 6.54 Å². The number of esters is 1. The van der Waals surface area contributed by atoms with Crippen LogP contribution in [0, 0.1) is 0 Å². The molecule has 1 heterocycles. The number of amides is 1. The fourth-order valence-corrected chi connectivity index (χ4v) is 2.94. The Balaban J connectivity index is 1.81. The number of alkyl halides is 3. The summed E-state index contributed by atoms with van der Waals surface area (Å²) in [4.78, 5) is 34.6. The van der Waals surface area contributed by atoms with Gasteiger partial charge in [-0.05, 0) is 24.6 Å². The van der Waals surface area contributed by atoms with Crippen molar-refractivity contribution in [1.29, 1.82) is 0 Å². The van der Waals surface area contributed by atoms with Gasteiger partial charge in [-0.3, -0.25) is 9.59 Å². The van der Waals surface area contributed by atoms with Gasteiger partial charge in [0, 0.05) is 24.5 Å². The highest BCUT2D eigenvalue weighted by molar-refractivity contribution is 5.95. The number of nitrogens with zero attached hydrogens (tertiary/aromatic N) is 3. The van der Waals surface area contributed by atoms with Gasteiger partial charge in [0.2, 0.25) is 0 Å². The monoisotopic (exact) mass is 443 g/mol. The van der Waals surface area contributed by atoms with Gasteiger partial charge in [-0.1, -0.05) is 42.5 Å². The van der Waals surface area contributed by atoms with Crippen LogP contribution in [0.2, 0.25) is 0 Å².